The Morgan fingerprint density at radius 3 is 2.80 bits per heavy atom. The highest BCUT2D eigenvalue weighted by Gasteiger charge is 2.29. The van der Waals surface area contributed by atoms with Crippen LogP contribution in [0.1, 0.15) is 28.1 Å². The van der Waals surface area contributed by atoms with Crippen LogP contribution in [-0.4, -0.2) is 25.2 Å². The molecule has 0 radical (unpaired) electrons. The number of nitrogens with one attached hydrogen (secondary N) is 2. The predicted octanol–water partition coefficient (Wildman–Crippen LogP) is 2.80. The second-order valence-electron chi connectivity index (χ2n) is 6.12. The molecular formula is C18H18N2O4S. The first-order valence-corrected chi connectivity index (χ1v) is 9.08. The number of anilines is 1. The molecule has 25 heavy (non-hydrogen) atoms. The third-order valence-corrected chi connectivity index (χ3v) is 5.16. The number of rotatable bonds is 6. The molecule has 1 aliphatic heterocycles. The van der Waals surface area contributed by atoms with Gasteiger partial charge in [-0.1, -0.05) is 6.07 Å². The van der Waals surface area contributed by atoms with E-state index in [9.17, 15) is 9.59 Å². The Labute approximate surface area is 149 Å². The minimum atomic E-state index is -0.127. The van der Waals surface area contributed by atoms with Gasteiger partial charge in [0.25, 0.3) is 5.91 Å². The average Bonchev–Trinajstić information content (AvgIpc) is 3.18. The Morgan fingerprint density at radius 2 is 1.96 bits per heavy atom. The Kier molecular flexibility index (Phi) is 4.31. The van der Waals surface area contributed by atoms with Crippen molar-refractivity contribution >= 4 is 28.2 Å². The van der Waals surface area contributed by atoms with Crippen LogP contribution in [0.2, 0.25) is 0 Å². The number of fused-ring (bicyclic) bond motifs is 1. The molecule has 6 nitrogen and oxygen atoms in total. The van der Waals surface area contributed by atoms with E-state index in [1.54, 1.807) is 12.1 Å². The fraction of sp³-hybridized carbons (Fsp3) is 0.333. The van der Waals surface area contributed by atoms with Gasteiger partial charge in [0.05, 0.1) is 9.88 Å². The molecule has 2 heterocycles. The van der Waals surface area contributed by atoms with Gasteiger partial charge in [-0.15, -0.1) is 11.3 Å². The summed E-state index contributed by atoms with van der Waals surface area (Å²) in [6, 6.07) is 9.30. The smallest absolute Gasteiger partial charge is 0.261 e. The van der Waals surface area contributed by atoms with E-state index in [1.807, 2.05) is 18.2 Å². The molecule has 4 rings (SSSR count). The van der Waals surface area contributed by atoms with E-state index < -0.39 is 0 Å². The molecule has 0 unspecified atom stereocenters. The molecule has 0 spiro atoms. The minimum absolute atomic E-state index is 0.0524. The van der Waals surface area contributed by atoms with Crippen LogP contribution in [0.15, 0.2) is 30.3 Å². The number of carbonyl (C=O) groups excluding carboxylic acids is 2. The van der Waals surface area contributed by atoms with Gasteiger partial charge < -0.3 is 20.1 Å². The van der Waals surface area contributed by atoms with E-state index >= 15 is 0 Å². The lowest BCUT2D eigenvalue weighted by molar-refractivity contribution is -0.117. The van der Waals surface area contributed by atoms with Gasteiger partial charge in [-0.3, -0.25) is 9.59 Å². The lowest BCUT2D eigenvalue weighted by Crippen LogP contribution is -2.24. The number of ether oxygens (including phenoxy) is 2. The summed E-state index contributed by atoms with van der Waals surface area (Å²) in [7, 11) is 0. The molecule has 1 aliphatic carbocycles. The van der Waals surface area contributed by atoms with Crippen LogP contribution in [0.3, 0.4) is 0 Å². The van der Waals surface area contributed by atoms with Crippen LogP contribution >= 0.6 is 11.3 Å². The van der Waals surface area contributed by atoms with Crippen molar-refractivity contribution in [1.29, 1.82) is 0 Å². The Hall–Kier alpha value is -2.54. The monoisotopic (exact) mass is 358 g/mol. The van der Waals surface area contributed by atoms with Gasteiger partial charge in [0.2, 0.25) is 12.7 Å². The number of hydrogen-bond donors (Lipinski definition) is 2. The average molecular weight is 358 g/mol. The van der Waals surface area contributed by atoms with Crippen molar-refractivity contribution in [1.82, 2.24) is 5.32 Å². The van der Waals surface area contributed by atoms with Crippen molar-refractivity contribution in [2.24, 2.45) is 5.92 Å². The summed E-state index contributed by atoms with van der Waals surface area (Å²) >= 11 is 1.30. The lowest BCUT2D eigenvalue weighted by Gasteiger charge is -2.05. The molecule has 130 valence electrons. The highest BCUT2D eigenvalue weighted by Crippen LogP contribution is 2.33. The predicted molar refractivity (Wildman–Crippen MR) is 94.3 cm³/mol. The normalized spacial score (nSPS) is 15.0. The lowest BCUT2D eigenvalue weighted by atomic mass is 10.1. The van der Waals surface area contributed by atoms with E-state index in [-0.39, 0.29) is 24.5 Å². The quantitative estimate of drug-likeness (QED) is 0.832. The number of hydrogen-bond acceptors (Lipinski definition) is 5. The summed E-state index contributed by atoms with van der Waals surface area (Å²) in [4.78, 5) is 24.5. The molecule has 1 saturated carbocycles. The largest absolute Gasteiger partial charge is 0.454 e. The van der Waals surface area contributed by atoms with E-state index in [0.29, 0.717) is 17.8 Å². The zero-order chi connectivity index (χ0) is 17.2. The summed E-state index contributed by atoms with van der Waals surface area (Å²) in [5.41, 5.74) is 1.08. The fourth-order valence-electron chi connectivity index (χ4n) is 2.60. The first-order valence-electron chi connectivity index (χ1n) is 8.26. The van der Waals surface area contributed by atoms with Crippen LogP contribution in [0.4, 0.5) is 5.00 Å². The van der Waals surface area contributed by atoms with E-state index in [0.717, 1.165) is 34.9 Å². The molecule has 7 heteroatoms. The topological polar surface area (TPSA) is 76.7 Å². The Morgan fingerprint density at radius 1 is 1.12 bits per heavy atom. The van der Waals surface area contributed by atoms with Gasteiger partial charge in [0, 0.05) is 12.5 Å². The molecule has 0 atom stereocenters. The fourth-order valence-corrected chi connectivity index (χ4v) is 3.43. The standard InChI is InChI=1S/C18H18N2O4S/c21-17(12-2-3-12)20-16-6-5-15(25-16)18(22)19-8-7-11-1-4-13-14(9-11)24-10-23-13/h1,4-6,9,12H,2-3,7-8,10H2,(H,19,22)(H,20,21). The van der Waals surface area contributed by atoms with E-state index in [1.165, 1.54) is 11.3 Å². The summed E-state index contributed by atoms with van der Waals surface area (Å²) < 4.78 is 10.6. The number of thiophene rings is 1. The van der Waals surface area contributed by atoms with Gasteiger partial charge in [0.15, 0.2) is 11.5 Å². The molecular weight excluding hydrogens is 340 g/mol. The van der Waals surface area contributed by atoms with Crippen LogP contribution in [0.5, 0.6) is 11.5 Å². The summed E-state index contributed by atoms with van der Waals surface area (Å²) in [6.45, 7) is 0.785. The maximum atomic E-state index is 12.2. The maximum Gasteiger partial charge on any atom is 0.261 e. The molecule has 1 fully saturated rings. The second-order valence-corrected chi connectivity index (χ2v) is 7.20. The first-order chi connectivity index (χ1) is 12.2. The number of amides is 2. The number of benzene rings is 1. The van der Waals surface area contributed by atoms with Gasteiger partial charge in [0.1, 0.15) is 0 Å². The SMILES string of the molecule is O=C(NCCc1ccc2c(c1)OCO2)c1ccc(NC(=O)C2CC2)s1. The summed E-state index contributed by atoms with van der Waals surface area (Å²) in [6.07, 6.45) is 2.63. The highest BCUT2D eigenvalue weighted by atomic mass is 32.1. The van der Waals surface area contributed by atoms with Gasteiger partial charge in [-0.25, -0.2) is 0 Å². The Balaban J connectivity index is 1.27. The van der Waals surface area contributed by atoms with E-state index in [2.05, 4.69) is 10.6 Å². The van der Waals surface area contributed by atoms with Crippen molar-refractivity contribution in [3.05, 3.63) is 40.8 Å². The van der Waals surface area contributed by atoms with Crippen molar-refractivity contribution in [2.45, 2.75) is 19.3 Å². The molecule has 2 amide bonds. The van der Waals surface area contributed by atoms with Crippen molar-refractivity contribution in [3.8, 4) is 11.5 Å². The first kappa shape index (κ1) is 16.0. The van der Waals surface area contributed by atoms with Gasteiger partial charge >= 0.3 is 0 Å². The van der Waals surface area contributed by atoms with Crippen LogP contribution in [0, 0.1) is 5.92 Å². The second kappa shape index (κ2) is 6.76. The minimum Gasteiger partial charge on any atom is -0.454 e. The Bertz CT molecular complexity index is 813. The van der Waals surface area contributed by atoms with Crippen molar-refractivity contribution < 1.29 is 19.1 Å². The molecule has 1 aromatic heterocycles. The van der Waals surface area contributed by atoms with Gasteiger partial charge in [-0.2, -0.15) is 0 Å². The van der Waals surface area contributed by atoms with Gasteiger partial charge in [-0.05, 0) is 49.1 Å². The summed E-state index contributed by atoms with van der Waals surface area (Å²) in [5, 5.41) is 6.48. The maximum absolute atomic E-state index is 12.2. The highest BCUT2D eigenvalue weighted by molar-refractivity contribution is 7.18. The molecule has 1 aromatic carbocycles. The molecule has 2 N–H and O–H groups in total. The molecule has 2 aromatic rings. The summed E-state index contributed by atoms with van der Waals surface area (Å²) in [5.74, 6) is 1.58. The third-order valence-electron chi connectivity index (χ3n) is 4.16. The van der Waals surface area contributed by atoms with Crippen LogP contribution < -0.4 is 20.1 Å². The zero-order valence-corrected chi connectivity index (χ0v) is 14.4. The van der Waals surface area contributed by atoms with Crippen LogP contribution in [0.25, 0.3) is 0 Å². The third kappa shape index (κ3) is 3.76. The number of carbonyl (C=O) groups is 2. The van der Waals surface area contributed by atoms with Crippen molar-refractivity contribution in [3.63, 3.8) is 0 Å². The molecule has 0 saturated heterocycles. The molecule has 2 aliphatic rings. The zero-order valence-electron chi connectivity index (χ0n) is 13.5. The molecule has 0 bridgehead atoms. The van der Waals surface area contributed by atoms with E-state index in [4.69, 9.17) is 9.47 Å². The van der Waals surface area contributed by atoms with Crippen LogP contribution in [-0.2, 0) is 11.2 Å². The van der Waals surface area contributed by atoms with Crippen molar-refractivity contribution in [2.75, 3.05) is 18.7 Å².